The molecule has 0 unspecified atom stereocenters. The number of aromatic amines is 1. The minimum absolute atomic E-state index is 0.236. The van der Waals surface area contributed by atoms with E-state index in [1.54, 1.807) is 0 Å². The average Bonchev–Trinajstić information content (AvgIpc) is 2.96. The fourth-order valence-corrected chi connectivity index (χ4v) is 3.78. The highest BCUT2D eigenvalue weighted by Crippen LogP contribution is 2.27. The van der Waals surface area contributed by atoms with Crippen molar-refractivity contribution in [2.24, 2.45) is 0 Å². The minimum Gasteiger partial charge on any atom is -0.381 e. The summed E-state index contributed by atoms with van der Waals surface area (Å²) in [4.78, 5) is 0. The zero-order chi connectivity index (χ0) is 16.3. The molecule has 0 bridgehead atoms. The zero-order valence-corrected chi connectivity index (χ0v) is 14.8. The fourth-order valence-electron chi connectivity index (χ4n) is 2.47. The number of nitrogens with two attached hydrogens (primary N) is 1. The lowest BCUT2D eigenvalue weighted by Gasteiger charge is -2.14. The summed E-state index contributed by atoms with van der Waals surface area (Å²) in [6.07, 6.45) is 4.34. The van der Waals surface area contributed by atoms with E-state index in [-0.39, 0.29) is 5.82 Å². The summed E-state index contributed by atoms with van der Waals surface area (Å²) in [6, 6.07) is 3.44. The van der Waals surface area contributed by atoms with Crippen molar-refractivity contribution in [3.8, 4) is 17.3 Å². The molecule has 0 aromatic carbocycles. The molecule has 0 radical (unpaired) electrons. The fraction of sp³-hybridized carbons (Fsp3) is 0.533. The highest BCUT2D eigenvalue weighted by Gasteiger charge is 2.17. The number of hydrogen-bond donors (Lipinski definition) is 2. The van der Waals surface area contributed by atoms with Crippen LogP contribution >= 0.6 is 0 Å². The highest BCUT2D eigenvalue weighted by atomic mass is 28.3. The van der Waals surface area contributed by atoms with Crippen LogP contribution in [-0.2, 0) is 6.54 Å². The number of hydrogen-bond acceptors (Lipinski definition) is 4. The first kappa shape index (κ1) is 16.3. The standard InChI is InChI=1S/C15H24N6Si/c1-11-13(14-12(9-16)15(17)19-18-14)10-21(20-11)7-5-6-8-22(2,3)4/h10H,5-8H2,1-4H3,(H3,17,18,19). The molecule has 22 heavy (non-hydrogen) atoms. The molecule has 0 saturated heterocycles. The third kappa shape index (κ3) is 3.77. The second-order valence-electron chi connectivity index (χ2n) is 6.88. The summed E-state index contributed by atoms with van der Waals surface area (Å²) in [6.45, 7) is 10.0. The molecule has 0 fully saturated rings. The van der Waals surface area contributed by atoms with Gasteiger partial charge < -0.3 is 5.73 Å². The largest absolute Gasteiger partial charge is 0.381 e. The Balaban J connectivity index is 2.07. The summed E-state index contributed by atoms with van der Waals surface area (Å²) < 4.78 is 1.95. The van der Waals surface area contributed by atoms with Crippen molar-refractivity contribution in [3.05, 3.63) is 17.5 Å². The molecule has 0 amide bonds. The Hall–Kier alpha value is -2.07. The molecular weight excluding hydrogens is 292 g/mol. The van der Waals surface area contributed by atoms with Crippen LogP contribution in [0.25, 0.3) is 11.3 Å². The molecular formula is C15H24N6Si. The molecule has 6 nitrogen and oxygen atoms in total. The van der Waals surface area contributed by atoms with E-state index in [9.17, 15) is 5.26 Å². The Labute approximate surface area is 132 Å². The van der Waals surface area contributed by atoms with Gasteiger partial charge in [0.15, 0.2) is 5.82 Å². The number of H-pyrrole nitrogens is 1. The van der Waals surface area contributed by atoms with E-state index in [1.165, 1.54) is 12.5 Å². The third-order valence-corrected chi connectivity index (χ3v) is 5.54. The number of nitrogen functional groups attached to an aromatic ring is 1. The monoisotopic (exact) mass is 316 g/mol. The van der Waals surface area contributed by atoms with Gasteiger partial charge in [-0.05, 0) is 13.3 Å². The number of unbranched alkanes of at least 4 members (excludes halogenated alkanes) is 1. The third-order valence-electron chi connectivity index (χ3n) is 3.69. The van der Waals surface area contributed by atoms with Gasteiger partial charge in [0.05, 0.1) is 11.4 Å². The topological polar surface area (TPSA) is 96.3 Å². The van der Waals surface area contributed by atoms with Gasteiger partial charge in [-0.1, -0.05) is 32.1 Å². The van der Waals surface area contributed by atoms with Crippen LogP contribution in [0.1, 0.15) is 24.1 Å². The number of nitriles is 1. The van der Waals surface area contributed by atoms with Gasteiger partial charge >= 0.3 is 0 Å². The summed E-state index contributed by atoms with van der Waals surface area (Å²) >= 11 is 0. The van der Waals surface area contributed by atoms with E-state index in [0.717, 1.165) is 24.2 Å². The molecule has 0 aliphatic carbocycles. The predicted molar refractivity (Wildman–Crippen MR) is 91.1 cm³/mol. The Bertz CT molecular complexity index is 686. The Morgan fingerprint density at radius 1 is 1.36 bits per heavy atom. The lowest BCUT2D eigenvalue weighted by Crippen LogP contribution is -2.18. The van der Waals surface area contributed by atoms with Gasteiger partial charge in [-0.2, -0.15) is 15.5 Å². The molecule has 2 heterocycles. The van der Waals surface area contributed by atoms with Crippen molar-refractivity contribution in [2.75, 3.05) is 5.73 Å². The van der Waals surface area contributed by atoms with Gasteiger partial charge in [0.25, 0.3) is 0 Å². The molecule has 0 spiro atoms. The van der Waals surface area contributed by atoms with E-state index >= 15 is 0 Å². The van der Waals surface area contributed by atoms with Crippen LogP contribution in [0, 0.1) is 18.3 Å². The minimum atomic E-state index is -0.956. The number of aromatic nitrogens is 4. The number of nitrogens with one attached hydrogen (secondary N) is 1. The van der Waals surface area contributed by atoms with Crippen molar-refractivity contribution in [1.82, 2.24) is 20.0 Å². The Morgan fingerprint density at radius 3 is 2.73 bits per heavy atom. The van der Waals surface area contributed by atoms with Crippen molar-refractivity contribution < 1.29 is 0 Å². The maximum absolute atomic E-state index is 9.18. The maximum Gasteiger partial charge on any atom is 0.163 e. The van der Waals surface area contributed by atoms with E-state index in [1.807, 2.05) is 17.8 Å². The van der Waals surface area contributed by atoms with Gasteiger partial charge in [-0.3, -0.25) is 9.78 Å². The smallest absolute Gasteiger partial charge is 0.163 e. The summed E-state index contributed by atoms with van der Waals surface area (Å²) in [5, 5.41) is 20.5. The first-order chi connectivity index (χ1) is 10.3. The van der Waals surface area contributed by atoms with E-state index in [0.29, 0.717) is 11.3 Å². The first-order valence-electron chi connectivity index (χ1n) is 7.60. The molecule has 0 aliphatic heterocycles. The summed E-state index contributed by atoms with van der Waals surface area (Å²) in [7, 11) is -0.956. The lowest BCUT2D eigenvalue weighted by atomic mass is 10.1. The summed E-state index contributed by atoms with van der Waals surface area (Å²) in [5.74, 6) is 0.236. The van der Waals surface area contributed by atoms with Crippen molar-refractivity contribution in [2.45, 2.75) is 52.0 Å². The van der Waals surface area contributed by atoms with Crippen molar-refractivity contribution in [1.29, 1.82) is 5.26 Å². The average molecular weight is 316 g/mol. The van der Waals surface area contributed by atoms with Crippen LogP contribution in [0.4, 0.5) is 5.82 Å². The Morgan fingerprint density at radius 2 is 2.09 bits per heavy atom. The predicted octanol–water partition coefficient (Wildman–Crippen LogP) is 3.15. The second-order valence-corrected chi connectivity index (χ2v) is 12.5. The first-order valence-corrected chi connectivity index (χ1v) is 11.3. The van der Waals surface area contributed by atoms with Gasteiger partial charge in [0, 0.05) is 26.4 Å². The number of rotatable bonds is 6. The van der Waals surface area contributed by atoms with Crippen LogP contribution in [0.3, 0.4) is 0 Å². The molecule has 3 N–H and O–H groups in total. The molecule has 2 aromatic heterocycles. The molecule has 118 valence electrons. The maximum atomic E-state index is 9.18. The zero-order valence-electron chi connectivity index (χ0n) is 13.8. The SMILES string of the molecule is Cc1nn(CCCC[Si](C)(C)C)cc1-c1[nH]nc(N)c1C#N. The molecule has 0 aliphatic rings. The lowest BCUT2D eigenvalue weighted by molar-refractivity contribution is 0.566. The van der Waals surface area contributed by atoms with E-state index in [4.69, 9.17) is 5.73 Å². The van der Waals surface area contributed by atoms with Gasteiger partial charge in [-0.25, -0.2) is 0 Å². The molecule has 7 heteroatoms. The number of aryl methyl sites for hydroxylation is 2. The van der Waals surface area contributed by atoms with Crippen LogP contribution in [0.2, 0.25) is 25.7 Å². The Kier molecular flexibility index (Phi) is 4.71. The van der Waals surface area contributed by atoms with Crippen molar-refractivity contribution >= 4 is 13.9 Å². The van der Waals surface area contributed by atoms with Crippen LogP contribution in [-0.4, -0.2) is 28.1 Å². The molecule has 0 atom stereocenters. The number of anilines is 1. The second kappa shape index (κ2) is 6.36. The summed E-state index contributed by atoms with van der Waals surface area (Å²) in [5.41, 5.74) is 8.52. The normalized spacial score (nSPS) is 11.6. The number of nitrogens with zero attached hydrogens (tertiary/aromatic N) is 4. The highest BCUT2D eigenvalue weighted by molar-refractivity contribution is 6.76. The van der Waals surface area contributed by atoms with Crippen LogP contribution in [0.15, 0.2) is 6.20 Å². The van der Waals surface area contributed by atoms with Gasteiger partial charge in [-0.15, -0.1) is 0 Å². The van der Waals surface area contributed by atoms with Gasteiger partial charge in [0.1, 0.15) is 11.6 Å². The molecule has 2 aromatic rings. The van der Waals surface area contributed by atoms with Crippen LogP contribution in [0.5, 0.6) is 0 Å². The molecule has 2 rings (SSSR count). The van der Waals surface area contributed by atoms with Crippen molar-refractivity contribution in [3.63, 3.8) is 0 Å². The van der Waals surface area contributed by atoms with E-state index < -0.39 is 8.07 Å². The van der Waals surface area contributed by atoms with Crippen LogP contribution < -0.4 is 5.73 Å². The quantitative estimate of drug-likeness (QED) is 0.632. The van der Waals surface area contributed by atoms with Gasteiger partial charge in [0.2, 0.25) is 0 Å². The molecule has 0 saturated carbocycles. The van der Waals surface area contributed by atoms with E-state index in [2.05, 4.69) is 41.0 Å².